The maximum absolute atomic E-state index is 10.8. The SMILES string of the molecule is CC(N)Cc1ccc(-c2cc([N+](=O)[O-])ccc2Cl)o1. The number of halogens is 1. The Hall–Kier alpha value is -1.85. The summed E-state index contributed by atoms with van der Waals surface area (Å²) in [6.07, 6.45) is 0.604. The zero-order valence-electron chi connectivity index (χ0n) is 10.3. The van der Waals surface area contributed by atoms with E-state index in [9.17, 15) is 10.1 Å². The second-order valence-electron chi connectivity index (χ2n) is 4.37. The number of hydrogen-bond acceptors (Lipinski definition) is 4. The van der Waals surface area contributed by atoms with Gasteiger partial charge in [-0.2, -0.15) is 0 Å². The van der Waals surface area contributed by atoms with Crippen LogP contribution in [0.4, 0.5) is 5.69 Å². The molecule has 0 amide bonds. The fourth-order valence-corrected chi connectivity index (χ4v) is 1.98. The largest absolute Gasteiger partial charge is 0.461 e. The van der Waals surface area contributed by atoms with Gasteiger partial charge in [-0.25, -0.2) is 0 Å². The number of nitrogens with two attached hydrogens (primary N) is 1. The summed E-state index contributed by atoms with van der Waals surface area (Å²) in [4.78, 5) is 10.3. The van der Waals surface area contributed by atoms with E-state index in [1.165, 1.54) is 18.2 Å². The molecule has 0 bridgehead atoms. The molecule has 0 saturated carbocycles. The Balaban J connectivity index is 2.38. The van der Waals surface area contributed by atoms with Crippen LogP contribution >= 0.6 is 11.6 Å². The van der Waals surface area contributed by atoms with E-state index in [4.69, 9.17) is 21.8 Å². The molecule has 2 rings (SSSR count). The van der Waals surface area contributed by atoms with Crippen LogP contribution in [0.3, 0.4) is 0 Å². The van der Waals surface area contributed by atoms with Crippen LogP contribution in [0.1, 0.15) is 12.7 Å². The lowest BCUT2D eigenvalue weighted by Gasteiger charge is -2.02. The molecule has 1 atom stereocenters. The third kappa shape index (κ3) is 3.13. The van der Waals surface area contributed by atoms with E-state index in [2.05, 4.69) is 0 Å². The molecule has 0 aliphatic carbocycles. The Morgan fingerprint density at radius 2 is 2.16 bits per heavy atom. The van der Waals surface area contributed by atoms with Gasteiger partial charge in [0.15, 0.2) is 0 Å². The van der Waals surface area contributed by atoms with Crippen LogP contribution in [0.15, 0.2) is 34.7 Å². The van der Waals surface area contributed by atoms with Gasteiger partial charge in [-0.1, -0.05) is 11.6 Å². The lowest BCUT2D eigenvalue weighted by molar-refractivity contribution is -0.384. The molecule has 0 radical (unpaired) electrons. The molecule has 0 spiro atoms. The third-order valence-electron chi connectivity index (χ3n) is 2.61. The highest BCUT2D eigenvalue weighted by atomic mass is 35.5. The molecule has 1 aromatic heterocycles. The highest BCUT2D eigenvalue weighted by Crippen LogP contribution is 2.32. The van der Waals surface area contributed by atoms with Crippen molar-refractivity contribution in [1.82, 2.24) is 0 Å². The van der Waals surface area contributed by atoms with Gasteiger partial charge in [-0.3, -0.25) is 10.1 Å². The van der Waals surface area contributed by atoms with Crippen molar-refractivity contribution in [1.29, 1.82) is 0 Å². The standard InChI is InChI=1S/C13H13ClN2O3/c1-8(15)6-10-3-5-13(19-10)11-7-9(16(17)18)2-4-12(11)14/h2-5,7-8H,6,15H2,1H3. The van der Waals surface area contributed by atoms with Gasteiger partial charge >= 0.3 is 0 Å². The quantitative estimate of drug-likeness (QED) is 0.687. The Bertz CT molecular complexity index is 608. The summed E-state index contributed by atoms with van der Waals surface area (Å²) in [6.45, 7) is 1.88. The van der Waals surface area contributed by atoms with E-state index in [0.717, 1.165) is 5.76 Å². The maximum atomic E-state index is 10.8. The van der Waals surface area contributed by atoms with Gasteiger partial charge in [0.25, 0.3) is 5.69 Å². The molecular formula is C13H13ClN2O3. The van der Waals surface area contributed by atoms with E-state index in [0.29, 0.717) is 22.8 Å². The van der Waals surface area contributed by atoms with E-state index < -0.39 is 4.92 Å². The predicted molar refractivity (Wildman–Crippen MR) is 73.2 cm³/mol. The number of furan rings is 1. The fourth-order valence-electron chi connectivity index (χ4n) is 1.77. The second kappa shape index (κ2) is 5.42. The molecule has 5 nitrogen and oxygen atoms in total. The van der Waals surface area contributed by atoms with Crippen molar-refractivity contribution in [2.24, 2.45) is 5.73 Å². The number of benzene rings is 1. The molecule has 1 aromatic carbocycles. The van der Waals surface area contributed by atoms with Crippen molar-refractivity contribution < 1.29 is 9.34 Å². The molecule has 1 unspecified atom stereocenters. The minimum Gasteiger partial charge on any atom is -0.461 e. The van der Waals surface area contributed by atoms with Crippen molar-refractivity contribution in [3.8, 4) is 11.3 Å². The molecule has 0 fully saturated rings. The van der Waals surface area contributed by atoms with Gasteiger partial charge in [0, 0.05) is 30.2 Å². The van der Waals surface area contributed by atoms with Crippen LogP contribution in [0.5, 0.6) is 0 Å². The zero-order valence-corrected chi connectivity index (χ0v) is 11.1. The topological polar surface area (TPSA) is 82.3 Å². The number of nitro benzene ring substituents is 1. The normalized spacial score (nSPS) is 12.4. The average Bonchev–Trinajstić information content (AvgIpc) is 2.76. The van der Waals surface area contributed by atoms with Crippen molar-refractivity contribution in [2.45, 2.75) is 19.4 Å². The van der Waals surface area contributed by atoms with Gasteiger partial charge < -0.3 is 10.2 Å². The van der Waals surface area contributed by atoms with E-state index in [1.54, 1.807) is 12.1 Å². The minimum absolute atomic E-state index is 0.0143. The van der Waals surface area contributed by atoms with Gasteiger partial charge in [-0.05, 0) is 25.1 Å². The summed E-state index contributed by atoms with van der Waals surface area (Å²) >= 11 is 6.04. The first-order chi connectivity index (χ1) is 8.97. The number of nitro groups is 1. The molecule has 1 heterocycles. The monoisotopic (exact) mass is 280 g/mol. The summed E-state index contributed by atoms with van der Waals surface area (Å²) in [7, 11) is 0. The Labute approximate surface area is 115 Å². The Morgan fingerprint density at radius 3 is 2.79 bits per heavy atom. The molecule has 6 heteroatoms. The lowest BCUT2D eigenvalue weighted by Crippen LogP contribution is -2.17. The van der Waals surface area contributed by atoms with Crippen molar-refractivity contribution in [3.05, 3.63) is 51.2 Å². The van der Waals surface area contributed by atoms with E-state index in [1.807, 2.05) is 6.92 Å². The Kier molecular flexibility index (Phi) is 3.87. The van der Waals surface area contributed by atoms with Crippen molar-refractivity contribution >= 4 is 17.3 Å². The molecule has 100 valence electrons. The van der Waals surface area contributed by atoms with Crippen LogP contribution in [-0.2, 0) is 6.42 Å². The molecular weight excluding hydrogens is 268 g/mol. The van der Waals surface area contributed by atoms with E-state index in [-0.39, 0.29) is 11.7 Å². The summed E-state index contributed by atoms with van der Waals surface area (Å²) in [5.74, 6) is 1.23. The third-order valence-corrected chi connectivity index (χ3v) is 2.94. The number of hydrogen-bond donors (Lipinski definition) is 1. The molecule has 2 aromatic rings. The first-order valence-electron chi connectivity index (χ1n) is 5.76. The number of nitrogens with zero attached hydrogens (tertiary/aromatic N) is 1. The summed E-state index contributed by atoms with van der Waals surface area (Å²) in [6, 6.07) is 7.77. The highest BCUT2D eigenvalue weighted by molar-refractivity contribution is 6.33. The zero-order chi connectivity index (χ0) is 14.0. The maximum Gasteiger partial charge on any atom is 0.270 e. The summed E-state index contributed by atoms with van der Waals surface area (Å²) < 4.78 is 5.61. The second-order valence-corrected chi connectivity index (χ2v) is 4.78. The van der Waals surface area contributed by atoms with E-state index >= 15 is 0 Å². The van der Waals surface area contributed by atoms with Crippen LogP contribution in [-0.4, -0.2) is 11.0 Å². The van der Waals surface area contributed by atoms with Gasteiger partial charge in [0.2, 0.25) is 0 Å². The number of non-ortho nitro benzene ring substituents is 1. The minimum atomic E-state index is -0.467. The molecule has 19 heavy (non-hydrogen) atoms. The number of rotatable bonds is 4. The van der Waals surface area contributed by atoms with Crippen molar-refractivity contribution in [2.75, 3.05) is 0 Å². The van der Waals surface area contributed by atoms with Crippen LogP contribution in [0.25, 0.3) is 11.3 Å². The molecule has 0 saturated heterocycles. The molecule has 0 aliphatic heterocycles. The first-order valence-corrected chi connectivity index (χ1v) is 6.14. The average molecular weight is 281 g/mol. The fraction of sp³-hybridized carbons (Fsp3) is 0.231. The molecule has 0 aliphatic rings. The van der Waals surface area contributed by atoms with Gasteiger partial charge in [-0.15, -0.1) is 0 Å². The van der Waals surface area contributed by atoms with Crippen LogP contribution in [0, 0.1) is 10.1 Å². The smallest absolute Gasteiger partial charge is 0.270 e. The summed E-state index contributed by atoms with van der Waals surface area (Å²) in [5, 5.41) is 11.2. The first kappa shape index (κ1) is 13.6. The predicted octanol–water partition coefficient (Wildman–Crippen LogP) is 3.40. The van der Waals surface area contributed by atoms with Gasteiger partial charge in [0.1, 0.15) is 11.5 Å². The Morgan fingerprint density at radius 1 is 1.42 bits per heavy atom. The highest BCUT2D eigenvalue weighted by Gasteiger charge is 2.14. The van der Waals surface area contributed by atoms with Crippen LogP contribution < -0.4 is 5.73 Å². The van der Waals surface area contributed by atoms with Crippen molar-refractivity contribution in [3.63, 3.8) is 0 Å². The summed E-state index contributed by atoms with van der Waals surface area (Å²) in [5.41, 5.74) is 6.17. The van der Waals surface area contributed by atoms with Crippen LogP contribution in [0.2, 0.25) is 5.02 Å². The molecule has 2 N–H and O–H groups in total. The van der Waals surface area contributed by atoms with Gasteiger partial charge in [0.05, 0.1) is 9.95 Å². The lowest BCUT2D eigenvalue weighted by atomic mass is 10.1.